The molecule has 2 heterocycles. The van der Waals surface area contributed by atoms with Crippen molar-refractivity contribution in [2.45, 2.75) is 5.16 Å². The number of pyridine rings is 1. The van der Waals surface area contributed by atoms with E-state index >= 15 is 0 Å². The molecule has 34 heavy (non-hydrogen) atoms. The van der Waals surface area contributed by atoms with Gasteiger partial charge in [-0.2, -0.15) is 0 Å². The largest absolute Gasteiger partial charge is 0.374 e. The van der Waals surface area contributed by atoms with Crippen molar-refractivity contribution in [3.8, 4) is 5.69 Å². The molecule has 1 amide bonds. The maximum atomic E-state index is 13.4. The highest BCUT2D eigenvalue weighted by Gasteiger charge is 2.22. The molecule has 0 aliphatic heterocycles. The minimum Gasteiger partial charge on any atom is -0.374 e. The lowest BCUT2D eigenvalue weighted by atomic mass is 10.2. The maximum Gasteiger partial charge on any atom is 0.276 e. The predicted molar refractivity (Wildman–Crippen MR) is 136 cm³/mol. The van der Waals surface area contributed by atoms with Gasteiger partial charge in [0.1, 0.15) is 11.5 Å². The number of hydrogen-bond acceptors (Lipinski definition) is 5. The van der Waals surface area contributed by atoms with Crippen LogP contribution in [0.1, 0.15) is 10.5 Å². The Morgan fingerprint density at radius 3 is 2.35 bits per heavy atom. The summed E-state index contributed by atoms with van der Waals surface area (Å²) in [5, 5.41) is 1.30. The molecule has 2 aromatic heterocycles. The molecule has 0 aliphatic carbocycles. The Morgan fingerprint density at radius 1 is 1.00 bits per heavy atom. The molecular weight excluding hydrogens is 473 g/mol. The number of carbonyl (C=O) groups excluding carboxylic acids is 1. The highest BCUT2D eigenvalue weighted by atomic mass is 35.5. The molecule has 0 N–H and O–H groups in total. The molecule has 0 fully saturated rings. The molecule has 4 aromatic rings. The molecule has 6 nitrogen and oxygen atoms in total. The van der Waals surface area contributed by atoms with E-state index in [1.807, 2.05) is 35.9 Å². The number of benzene rings is 2. The van der Waals surface area contributed by atoms with Crippen LogP contribution < -0.4 is 9.80 Å². The van der Waals surface area contributed by atoms with Crippen LogP contribution in [0.15, 0.2) is 84.4 Å². The fourth-order valence-electron chi connectivity index (χ4n) is 3.38. The number of aromatic nitrogens is 3. The van der Waals surface area contributed by atoms with Gasteiger partial charge in [0.25, 0.3) is 5.91 Å². The van der Waals surface area contributed by atoms with E-state index in [4.69, 9.17) is 11.6 Å². The average Bonchev–Trinajstić information content (AvgIpc) is 3.28. The topological polar surface area (TPSA) is 54.3 Å². The molecular formula is C25H23ClFN5OS. The summed E-state index contributed by atoms with van der Waals surface area (Å²) in [6.45, 7) is 0.779. The Balaban J connectivity index is 1.59. The number of nitrogens with zero attached hydrogens (tertiary/aromatic N) is 5. The van der Waals surface area contributed by atoms with Crippen molar-refractivity contribution >= 4 is 40.6 Å². The van der Waals surface area contributed by atoms with Crippen molar-refractivity contribution in [1.82, 2.24) is 14.5 Å². The Kier molecular flexibility index (Phi) is 7.49. The van der Waals surface area contributed by atoms with Gasteiger partial charge in [0.05, 0.1) is 6.20 Å². The molecule has 0 radical (unpaired) electrons. The summed E-state index contributed by atoms with van der Waals surface area (Å²) < 4.78 is 15.2. The van der Waals surface area contributed by atoms with Gasteiger partial charge in [0.15, 0.2) is 5.16 Å². The third-order valence-electron chi connectivity index (χ3n) is 5.31. The van der Waals surface area contributed by atoms with Crippen LogP contribution in [0.3, 0.4) is 0 Å². The molecule has 0 bridgehead atoms. The van der Waals surface area contributed by atoms with E-state index in [1.165, 1.54) is 17.0 Å². The number of thioether (sulfide) groups is 1. The van der Waals surface area contributed by atoms with Gasteiger partial charge in [-0.3, -0.25) is 14.3 Å². The average molecular weight is 496 g/mol. The SMILES string of the molecule is CN(CCSc1ncc(C(=O)N(C)c2ccc(F)cc2)n1-c1ccc(Cl)cc1)c1ccncc1. The van der Waals surface area contributed by atoms with E-state index in [2.05, 4.69) is 14.9 Å². The Labute approximate surface area is 207 Å². The summed E-state index contributed by atoms with van der Waals surface area (Å²) in [6, 6.07) is 17.0. The van der Waals surface area contributed by atoms with E-state index < -0.39 is 0 Å². The number of anilines is 2. The van der Waals surface area contributed by atoms with Gasteiger partial charge in [-0.15, -0.1) is 0 Å². The van der Waals surface area contributed by atoms with Crippen molar-refractivity contribution in [2.24, 2.45) is 0 Å². The molecule has 2 aromatic carbocycles. The molecule has 0 unspecified atom stereocenters. The van der Waals surface area contributed by atoms with E-state index in [0.717, 1.165) is 23.7 Å². The fourth-order valence-corrected chi connectivity index (χ4v) is 4.52. The van der Waals surface area contributed by atoms with Crippen LogP contribution in [0.25, 0.3) is 5.69 Å². The number of imidazole rings is 1. The van der Waals surface area contributed by atoms with Gasteiger partial charge in [-0.05, 0) is 60.7 Å². The fraction of sp³-hybridized carbons (Fsp3) is 0.160. The smallest absolute Gasteiger partial charge is 0.276 e. The minimum absolute atomic E-state index is 0.255. The van der Waals surface area contributed by atoms with Gasteiger partial charge < -0.3 is 9.80 Å². The highest BCUT2D eigenvalue weighted by molar-refractivity contribution is 7.99. The summed E-state index contributed by atoms with van der Waals surface area (Å²) in [6.07, 6.45) is 5.11. The second-order valence-electron chi connectivity index (χ2n) is 7.55. The van der Waals surface area contributed by atoms with Crippen LogP contribution in [-0.4, -0.2) is 46.8 Å². The molecule has 0 atom stereocenters. The number of hydrogen-bond donors (Lipinski definition) is 0. The molecule has 0 aliphatic rings. The van der Waals surface area contributed by atoms with E-state index in [0.29, 0.717) is 21.6 Å². The molecule has 0 spiro atoms. The Hall–Kier alpha value is -3.36. The Morgan fingerprint density at radius 2 is 1.68 bits per heavy atom. The van der Waals surface area contributed by atoms with Crippen LogP contribution in [0, 0.1) is 5.82 Å². The first kappa shape index (κ1) is 23.8. The Bertz CT molecular complexity index is 1250. The molecule has 4 rings (SSSR count). The monoisotopic (exact) mass is 495 g/mol. The lowest BCUT2D eigenvalue weighted by molar-refractivity contribution is 0.0986. The molecule has 174 valence electrons. The van der Waals surface area contributed by atoms with Crippen LogP contribution in [0.2, 0.25) is 5.02 Å². The predicted octanol–water partition coefficient (Wildman–Crippen LogP) is 5.56. The van der Waals surface area contributed by atoms with Crippen LogP contribution in [0.4, 0.5) is 15.8 Å². The zero-order valence-electron chi connectivity index (χ0n) is 18.7. The number of amides is 1. The van der Waals surface area contributed by atoms with Crippen molar-refractivity contribution < 1.29 is 9.18 Å². The number of halogens is 2. The summed E-state index contributed by atoms with van der Waals surface area (Å²) in [5.41, 5.74) is 2.85. The summed E-state index contributed by atoms with van der Waals surface area (Å²) in [7, 11) is 3.68. The minimum atomic E-state index is -0.355. The van der Waals surface area contributed by atoms with E-state index in [1.54, 1.807) is 61.7 Å². The number of carbonyl (C=O) groups is 1. The van der Waals surface area contributed by atoms with Gasteiger partial charge >= 0.3 is 0 Å². The summed E-state index contributed by atoms with van der Waals surface area (Å²) in [5.74, 6) is 0.145. The van der Waals surface area contributed by atoms with E-state index in [-0.39, 0.29) is 11.7 Å². The quantitative estimate of drug-likeness (QED) is 0.299. The second kappa shape index (κ2) is 10.7. The molecule has 0 saturated carbocycles. The molecule has 9 heteroatoms. The van der Waals surface area contributed by atoms with Gasteiger partial charge in [0, 0.05) is 60.9 Å². The van der Waals surface area contributed by atoms with Crippen LogP contribution in [-0.2, 0) is 0 Å². The van der Waals surface area contributed by atoms with Gasteiger partial charge in [0.2, 0.25) is 0 Å². The highest BCUT2D eigenvalue weighted by Crippen LogP contribution is 2.27. The number of rotatable bonds is 8. The normalized spacial score (nSPS) is 10.8. The lowest BCUT2D eigenvalue weighted by Gasteiger charge is -2.20. The first-order chi connectivity index (χ1) is 16.4. The zero-order chi connectivity index (χ0) is 24.1. The van der Waals surface area contributed by atoms with Crippen molar-refractivity contribution in [1.29, 1.82) is 0 Å². The second-order valence-corrected chi connectivity index (χ2v) is 9.05. The lowest BCUT2D eigenvalue weighted by Crippen LogP contribution is -2.28. The third kappa shape index (κ3) is 5.40. The summed E-state index contributed by atoms with van der Waals surface area (Å²) in [4.78, 5) is 25.6. The third-order valence-corrected chi connectivity index (χ3v) is 6.50. The first-order valence-electron chi connectivity index (χ1n) is 10.6. The standard InChI is InChI=1S/C25H23ClFN5OS/c1-30(20-11-13-28-14-12-20)15-16-34-25-29-17-23(32(25)22-7-3-18(26)4-8-22)24(33)31(2)21-9-5-19(27)6-10-21/h3-14,17H,15-16H2,1-2H3. The van der Waals surface area contributed by atoms with E-state index in [9.17, 15) is 9.18 Å². The summed E-state index contributed by atoms with van der Waals surface area (Å²) >= 11 is 7.65. The van der Waals surface area contributed by atoms with Crippen LogP contribution in [0.5, 0.6) is 0 Å². The first-order valence-corrected chi connectivity index (χ1v) is 11.9. The van der Waals surface area contributed by atoms with Crippen molar-refractivity contribution in [2.75, 3.05) is 36.2 Å². The van der Waals surface area contributed by atoms with Crippen molar-refractivity contribution in [3.05, 3.63) is 95.8 Å². The van der Waals surface area contributed by atoms with Gasteiger partial charge in [-0.25, -0.2) is 9.37 Å². The molecule has 0 saturated heterocycles. The van der Waals surface area contributed by atoms with Crippen molar-refractivity contribution in [3.63, 3.8) is 0 Å². The zero-order valence-corrected chi connectivity index (χ0v) is 20.3. The maximum absolute atomic E-state index is 13.4. The van der Waals surface area contributed by atoms with Gasteiger partial charge in [-0.1, -0.05) is 23.4 Å². The van der Waals surface area contributed by atoms with Crippen LogP contribution >= 0.6 is 23.4 Å².